The first-order chi connectivity index (χ1) is 11.6. The molecule has 0 radical (unpaired) electrons. The second kappa shape index (κ2) is 7.33. The minimum Gasteiger partial charge on any atom is -0.497 e. The van der Waals surface area contributed by atoms with Crippen LogP contribution in [0.25, 0.3) is 0 Å². The van der Waals surface area contributed by atoms with E-state index in [2.05, 4.69) is 25.8 Å². The molecule has 3 aromatic rings. The first kappa shape index (κ1) is 16.3. The van der Waals surface area contributed by atoms with Crippen LogP contribution >= 0.6 is 23.2 Å². The molecule has 0 saturated carbocycles. The van der Waals surface area contributed by atoms with Crippen molar-refractivity contribution in [2.75, 3.05) is 17.7 Å². The molecular weight excluding hydrogens is 349 g/mol. The Morgan fingerprint density at radius 1 is 0.958 bits per heavy atom. The highest BCUT2D eigenvalue weighted by Crippen LogP contribution is 2.26. The Morgan fingerprint density at radius 3 is 2.58 bits per heavy atom. The van der Waals surface area contributed by atoms with E-state index >= 15 is 0 Å². The molecule has 1 aromatic heterocycles. The molecule has 0 unspecified atom stereocenters. The van der Waals surface area contributed by atoms with Crippen molar-refractivity contribution < 1.29 is 4.74 Å². The van der Waals surface area contributed by atoms with Crippen LogP contribution in [0.15, 0.2) is 48.7 Å². The molecule has 0 amide bonds. The molecule has 0 bridgehead atoms. The van der Waals surface area contributed by atoms with Crippen molar-refractivity contribution >= 4 is 46.3 Å². The number of hydrogen-bond acceptors (Lipinski definition) is 6. The van der Waals surface area contributed by atoms with Crippen LogP contribution < -0.4 is 15.4 Å². The van der Waals surface area contributed by atoms with Crippen LogP contribution in [0.5, 0.6) is 5.75 Å². The number of aromatic nitrogens is 3. The summed E-state index contributed by atoms with van der Waals surface area (Å²) in [6.07, 6.45) is 1.53. The van der Waals surface area contributed by atoms with Crippen molar-refractivity contribution in [3.8, 4) is 5.75 Å². The SMILES string of the molecule is COc1cccc(Nc2cnnc(Nc3ccc(Cl)c(Cl)c3)n2)c1. The smallest absolute Gasteiger partial charge is 0.249 e. The zero-order valence-corrected chi connectivity index (χ0v) is 14.1. The lowest BCUT2D eigenvalue weighted by Gasteiger charge is -2.09. The number of nitrogens with one attached hydrogen (secondary N) is 2. The maximum Gasteiger partial charge on any atom is 0.249 e. The molecule has 2 aromatic carbocycles. The Balaban J connectivity index is 1.77. The van der Waals surface area contributed by atoms with Crippen molar-refractivity contribution in [1.29, 1.82) is 0 Å². The highest BCUT2D eigenvalue weighted by atomic mass is 35.5. The molecule has 0 aliphatic heterocycles. The van der Waals surface area contributed by atoms with Crippen LogP contribution in [-0.4, -0.2) is 22.3 Å². The fraction of sp³-hybridized carbons (Fsp3) is 0.0625. The standard InChI is InChI=1S/C16H13Cl2N5O/c1-24-12-4-2-3-10(7-12)20-15-9-19-23-16(22-15)21-11-5-6-13(17)14(18)8-11/h2-9H,1H3,(H2,20,21,22,23). The Hall–Kier alpha value is -2.57. The lowest BCUT2D eigenvalue weighted by molar-refractivity contribution is 0.415. The third kappa shape index (κ3) is 4.04. The Kier molecular flexibility index (Phi) is 4.98. The first-order valence-corrected chi connectivity index (χ1v) is 7.72. The first-order valence-electron chi connectivity index (χ1n) is 6.97. The molecule has 0 spiro atoms. The van der Waals surface area contributed by atoms with E-state index in [1.165, 1.54) is 6.20 Å². The fourth-order valence-corrected chi connectivity index (χ4v) is 2.27. The zero-order chi connectivity index (χ0) is 16.9. The van der Waals surface area contributed by atoms with Gasteiger partial charge in [-0.1, -0.05) is 29.3 Å². The monoisotopic (exact) mass is 361 g/mol. The molecule has 122 valence electrons. The van der Waals surface area contributed by atoms with Crippen LogP contribution in [0, 0.1) is 0 Å². The van der Waals surface area contributed by atoms with Gasteiger partial charge in [0.1, 0.15) is 5.75 Å². The summed E-state index contributed by atoms with van der Waals surface area (Å²) in [4.78, 5) is 4.36. The predicted octanol–water partition coefficient (Wildman–Crippen LogP) is 4.67. The second-order valence-electron chi connectivity index (χ2n) is 4.78. The molecule has 0 aliphatic carbocycles. The second-order valence-corrected chi connectivity index (χ2v) is 5.59. The molecule has 0 aliphatic rings. The number of benzene rings is 2. The van der Waals surface area contributed by atoms with Gasteiger partial charge in [0.05, 0.1) is 23.4 Å². The summed E-state index contributed by atoms with van der Waals surface area (Å²) >= 11 is 11.9. The fourth-order valence-electron chi connectivity index (χ4n) is 1.97. The molecular formula is C16H13Cl2N5O. The molecule has 2 N–H and O–H groups in total. The normalized spacial score (nSPS) is 10.3. The van der Waals surface area contributed by atoms with Crippen molar-refractivity contribution in [3.05, 3.63) is 58.7 Å². The number of anilines is 4. The van der Waals surface area contributed by atoms with E-state index < -0.39 is 0 Å². The van der Waals surface area contributed by atoms with Gasteiger partial charge in [0.25, 0.3) is 0 Å². The summed E-state index contributed by atoms with van der Waals surface area (Å²) < 4.78 is 5.19. The van der Waals surface area contributed by atoms with Crippen LogP contribution in [-0.2, 0) is 0 Å². The number of hydrogen-bond donors (Lipinski definition) is 2. The van der Waals surface area contributed by atoms with E-state index in [9.17, 15) is 0 Å². The molecule has 0 saturated heterocycles. The predicted molar refractivity (Wildman–Crippen MR) is 95.8 cm³/mol. The summed E-state index contributed by atoms with van der Waals surface area (Å²) in [5.41, 5.74) is 1.54. The minimum atomic E-state index is 0.335. The average Bonchev–Trinajstić information content (AvgIpc) is 2.59. The van der Waals surface area contributed by atoms with E-state index in [1.807, 2.05) is 24.3 Å². The third-order valence-electron chi connectivity index (χ3n) is 3.08. The van der Waals surface area contributed by atoms with Gasteiger partial charge < -0.3 is 15.4 Å². The molecule has 3 rings (SSSR count). The van der Waals surface area contributed by atoms with Crippen molar-refractivity contribution in [2.45, 2.75) is 0 Å². The molecule has 0 fully saturated rings. The largest absolute Gasteiger partial charge is 0.497 e. The summed E-state index contributed by atoms with van der Waals surface area (Å²) in [6, 6.07) is 12.7. The van der Waals surface area contributed by atoms with E-state index in [4.69, 9.17) is 27.9 Å². The van der Waals surface area contributed by atoms with E-state index in [0.717, 1.165) is 11.4 Å². The Morgan fingerprint density at radius 2 is 1.79 bits per heavy atom. The zero-order valence-electron chi connectivity index (χ0n) is 12.6. The quantitative estimate of drug-likeness (QED) is 0.687. The van der Waals surface area contributed by atoms with Crippen LogP contribution in [0.3, 0.4) is 0 Å². The van der Waals surface area contributed by atoms with Gasteiger partial charge in [-0.05, 0) is 30.3 Å². The summed E-state index contributed by atoms with van der Waals surface area (Å²) in [5, 5.41) is 15.0. The summed E-state index contributed by atoms with van der Waals surface area (Å²) in [7, 11) is 1.62. The van der Waals surface area contributed by atoms with Gasteiger partial charge in [0.15, 0.2) is 5.82 Å². The third-order valence-corrected chi connectivity index (χ3v) is 3.82. The van der Waals surface area contributed by atoms with Crippen LogP contribution in [0.1, 0.15) is 0 Å². The van der Waals surface area contributed by atoms with Gasteiger partial charge in [-0.2, -0.15) is 10.1 Å². The molecule has 24 heavy (non-hydrogen) atoms. The van der Waals surface area contributed by atoms with Crippen molar-refractivity contribution in [1.82, 2.24) is 15.2 Å². The van der Waals surface area contributed by atoms with Gasteiger partial charge >= 0.3 is 0 Å². The lowest BCUT2D eigenvalue weighted by atomic mass is 10.3. The van der Waals surface area contributed by atoms with Crippen molar-refractivity contribution in [3.63, 3.8) is 0 Å². The van der Waals surface area contributed by atoms with Gasteiger partial charge in [0.2, 0.25) is 5.95 Å². The maximum absolute atomic E-state index is 5.99. The maximum atomic E-state index is 5.99. The molecule has 6 nitrogen and oxygen atoms in total. The number of nitrogens with zero attached hydrogens (tertiary/aromatic N) is 3. The highest BCUT2D eigenvalue weighted by Gasteiger charge is 2.05. The van der Waals surface area contributed by atoms with Gasteiger partial charge in [-0.25, -0.2) is 0 Å². The van der Waals surface area contributed by atoms with Gasteiger partial charge in [-0.15, -0.1) is 5.10 Å². The van der Waals surface area contributed by atoms with E-state index in [-0.39, 0.29) is 0 Å². The molecule has 0 atom stereocenters. The van der Waals surface area contributed by atoms with E-state index in [1.54, 1.807) is 25.3 Å². The minimum absolute atomic E-state index is 0.335. The Labute approximate surface area is 148 Å². The topological polar surface area (TPSA) is 72.0 Å². The molecule has 8 heteroatoms. The number of rotatable bonds is 5. The number of halogens is 2. The van der Waals surface area contributed by atoms with Crippen LogP contribution in [0.4, 0.5) is 23.1 Å². The average molecular weight is 362 g/mol. The summed E-state index contributed by atoms with van der Waals surface area (Å²) in [6.45, 7) is 0. The number of ether oxygens (including phenoxy) is 1. The van der Waals surface area contributed by atoms with E-state index in [0.29, 0.717) is 27.5 Å². The van der Waals surface area contributed by atoms with Gasteiger partial charge in [0, 0.05) is 17.4 Å². The molecule has 1 heterocycles. The highest BCUT2D eigenvalue weighted by molar-refractivity contribution is 6.42. The number of methoxy groups -OCH3 is 1. The van der Waals surface area contributed by atoms with Gasteiger partial charge in [-0.3, -0.25) is 0 Å². The summed E-state index contributed by atoms with van der Waals surface area (Å²) in [5.74, 6) is 1.62. The van der Waals surface area contributed by atoms with Crippen molar-refractivity contribution in [2.24, 2.45) is 0 Å². The lowest BCUT2D eigenvalue weighted by Crippen LogP contribution is -2.02. The van der Waals surface area contributed by atoms with Crippen LogP contribution in [0.2, 0.25) is 10.0 Å². The Bertz CT molecular complexity index is 859.